The van der Waals surface area contributed by atoms with Crippen molar-refractivity contribution >= 4 is 23.1 Å². The Kier molecular flexibility index (Phi) is 5.43. The van der Waals surface area contributed by atoms with Crippen molar-refractivity contribution in [3.05, 3.63) is 53.2 Å². The van der Waals surface area contributed by atoms with Gasteiger partial charge < -0.3 is 13.9 Å². The van der Waals surface area contributed by atoms with Crippen LogP contribution in [-0.2, 0) is 9.53 Å². The van der Waals surface area contributed by atoms with Gasteiger partial charge in [-0.25, -0.2) is 4.79 Å². The second kappa shape index (κ2) is 7.92. The molecule has 8 heteroatoms. The molecule has 1 unspecified atom stereocenters. The van der Waals surface area contributed by atoms with Crippen LogP contribution in [0.4, 0.5) is 0 Å². The Balaban J connectivity index is 1.52. The zero-order valence-corrected chi connectivity index (χ0v) is 15.0. The van der Waals surface area contributed by atoms with E-state index in [9.17, 15) is 9.59 Å². The van der Waals surface area contributed by atoms with Crippen LogP contribution >= 0.6 is 11.3 Å². The average molecular weight is 372 g/mol. The summed E-state index contributed by atoms with van der Waals surface area (Å²) in [5.74, 6) is 0.472. The smallest absolute Gasteiger partial charge is 0.344 e. The minimum absolute atomic E-state index is 0.0359. The van der Waals surface area contributed by atoms with Crippen molar-refractivity contribution < 1.29 is 23.5 Å². The van der Waals surface area contributed by atoms with Crippen LogP contribution in [-0.4, -0.2) is 28.6 Å². The second-order valence-electron chi connectivity index (χ2n) is 5.42. The zero-order valence-electron chi connectivity index (χ0n) is 14.2. The van der Waals surface area contributed by atoms with Crippen LogP contribution in [0.15, 0.2) is 46.2 Å². The lowest BCUT2D eigenvalue weighted by Gasteiger charge is -2.10. The van der Waals surface area contributed by atoms with Gasteiger partial charge in [0.15, 0.2) is 18.5 Å². The number of Topliss-reactive ketones (excluding diaryl/α,β-unsaturated/α-hetero) is 1. The topological polar surface area (TPSA) is 91.5 Å². The van der Waals surface area contributed by atoms with E-state index in [2.05, 4.69) is 10.2 Å². The Morgan fingerprint density at radius 2 is 1.96 bits per heavy atom. The number of esters is 1. The number of ether oxygens (including phenoxy) is 2. The molecule has 0 spiro atoms. The van der Waals surface area contributed by atoms with Gasteiger partial charge in [0.2, 0.25) is 0 Å². The van der Waals surface area contributed by atoms with Crippen molar-refractivity contribution in [3.63, 3.8) is 0 Å². The van der Waals surface area contributed by atoms with Crippen LogP contribution in [0.5, 0.6) is 5.75 Å². The molecule has 0 aliphatic heterocycles. The molecule has 0 saturated heterocycles. The van der Waals surface area contributed by atoms with Gasteiger partial charge in [-0.3, -0.25) is 4.79 Å². The Bertz CT molecular complexity index is 887. The van der Waals surface area contributed by atoms with Gasteiger partial charge in [-0.2, -0.15) is 0 Å². The zero-order chi connectivity index (χ0) is 18.5. The number of nitrogens with zero attached hydrogens (tertiary/aromatic N) is 2. The van der Waals surface area contributed by atoms with Crippen molar-refractivity contribution in [1.29, 1.82) is 0 Å². The number of carbonyl (C=O) groups is 2. The van der Waals surface area contributed by atoms with Crippen LogP contribution in [0, 0.1) is 0 Å². The Morgan fingerprint density at radius 3 is 2.62 bits per heavy atom. The van der Waals surface area contributed by atoms with Crippen LogP contribution in [0.1, 0.15) is 36.2 Å². The normalized spacial score (nSPS) is 11.8. The molecule has 1 aromatic carbocycles. The molecule has 7 nitrogen and oxygen atoms in total. The number of ketones is 1. The second-order valence-corrected chi connectivity index (χ2v) is 6.37. The van der Waals surface area contributed by atoms with E-state index in [0.717, 1.165) is 4.88 Å². The molecule has 0 bridgehead atoms. The first-order valence-corrected chi connectivity index (χ1v) is 8.71. The van der Waals surface area contributed by atoms with Gasteiger partial charge in [0.05, 0.1) is 4.88 Å². The molecule has 0 aliphatic rings. The number of rotatable bonds is 7. The average Bonchev–Trinajstić information content (AvgIpc) is 3.31. The Hall–Kier alpha value is -3.00. The predicted molar refractivity (Wildman–Crippen MR) is 94.1 cm³/mol. The summed E-state index contributed by atoms with van der Waals surface area (Å²) >= 11 is 1.48. The number of thiophene rings is 1. The number of carbonyl (C=O) groups excluding carboxylic acids is 2. The Labute approximate surface area is 153 Å². The molecule has 0 amide bonds. The molecule has 0 radical (unpaired) electrons. The third-order valence-electron chi connectivity index (χ3n) is 3.45. The highest BCUT2D eigenvalue weighted by Crippen LogP contribution is 2.25. The fraction of sp³-hybridized carbons (Fsp3) is 0.222. The maximum absolute atomic E-state index is 11.9. The predicted octanol–water partition coefficient (Wildman–Crippen LogP) is 3.68. The molecule has 0 aliphatic carbocycles. The van der Waals surface area contributed by atoms with E-state index in [0.29, 0.717) is 17.2 Å². The van der Waals surface area contributed by atoms with Crippen molar-refractivity contribution in [2.24, 2.45) is 0 Å². The monoisotopic (exact) mass is 372 g/mol. The summed E-state index contributed by atoms with van der Waals surface area (Å²) in [5.41, 5.74) is 0.575. The molecular formula is C18H16N2O5S. The first kappa shape index (κ1) is 17.8. The van der Waals surface area contributed by atoms with Gasteiger partial charge in [0.1, 0.15) is 5.75 Å². The molecule has 1 atom stereocenters. The number of aromatic nitrogens is 2. The SMILES string of the molecule is CC(=O)c1ccc(OCC(=O)OC(C)c2nnc(-c3cccs3)o2)cc1. The van der Waals surface area contributed by atoms with Gasteiger partial charge in [0, 0.05) is 5.56 Å². The van der Waals surface area contributed by atoms with Crippen molar-refractivity contribution in [1.82, 2.24) is 10.2 Å². The molecule has 0 saturated carbocycles. The van der Waals surface area contributed by atoms with E-state index in [1.54, 1.807) is 31.2 Å². The lowest BCUT2D eigenvalue weighted by Crippen LogP contribution is -2.17. The summed E-state index contributed by atoms with van der Waals surface area (Å²) < 4.78 is 16.1. The van der Waals surface area contributed by atoms with Gasteiger partial charge in [-0.05, 0) is 49.6 Å². The maximum atomic E-state index is 11.9. The van der Waals surface area contributed by atoms with E-state index in [-0.39, 0.29) is 18.3 Å². The third kappa shape index (κ3) is 4.34. The van der Waals surface area contributed by atoms with Crippen molar-refractivity contribution in [2.45, 2.75) is 20.0 Å². The lowest BCUT2D eigenvalue weighted by atomic mass is 10.1. The fourth-order valence-electron chi connectivity index (χ4n) is 2.11. The van der Waals surface area contributed by atoms with E-state index in [1.165, 1.54) is 18.3 Å². The maximum Gasteiger partial charge on any atom is 0.344 e. The summed E-state index contributed by atoms with van der Waals surface area (Å²) in [6.07, 6.45) is -0.688. The van der Waals surface area contributed by atoms with Crippen LogP contribution < -0.4 is 4.74 Å². The van der Waals surface area contributed by atoms with Gasteiger partial charge in [-0.15, -0.1) is 21.5 Å². The largest absolute Gasteiger partial charge is 0.482 e. The van der Waals surface area contributed by atoms with Gasteiger partial charge in [-0.1, -0.05) is 6.07 Å². The van der Waals surface area contributed by atoms with E-state index < -0.39 is 12.1 Å². The summed E-state index contributed by atoms with van der Waals surface area (Å²) in [6, 6.07) is 10.3. The van der Waals surface area contributed by atoms with Crippen molar-refractivity contribution in [2.75, 3.05) is 6.61 Å². The summed E-state index contributed by atoms with van der Waals surface area (Å²) in [7, 11) is 0. The summed E-state index contributed by atoms with van der Waals surface area (Å²) in [6.45, 7) is 2.86. The van der Waals surface area contributed by atoms with E-state index in [1.807, 2.05) is 17.5 Å². The molecule has 0 fully saturated rings. The first-order chi connectivity index (χ1) is 12.5. The number of hydrogen-bond donors (Lipinski definition) is 0. The minimum atomic E-state index is -0.688. The first-order valence-electron chi connectivity index (χ1n) is 7.83. The van der Waals surface area contributed by atoms with Crippen LogP contribution in [0.2, 0.25) is 0 Å². The molecule has 0 N–H and O–H groups in total. The number of hydrogen-bond acceptors (Lipinski definition) is 8. The Morgan fingerprint density at radius 1 is 1.19 bits per heavy atom. The lowest BCUT2D eigenvalue weighted by molar-refractivity contribution is -0.152. The van der Waals surface area contributed by atoms with Gasteiger partial charge in [0.25, 0.3) is 11.8 Å². The summed E-state index contributed by atoms with van der Waals surface area (Å²) in [5, 5.41) is 9.76. The molecular weight excluding hydrogens is 356 g/mol. The van der Waals surface area contributed by atoms with E-state index >= 15 is 0 Å². The van der Waals surface area contributed by atoms with Crippen LogP contribution in [0.25, 0.3) is 10.8 Å². The molecule has 3 aromatic rings. The quantitative estimate of drug-likeness (QED) is 0.461. The molecule has 2 heterocycles. The number of benzene rings is 1. The molecule has 134 valence electrons. The highest BCUT2D eigenvalue weighted by molar-refractivity contribution is 7.13. The van der Waals surface area contributed by atoms with Gasteiger partial charge >= 0.3 is 5.97 Å². The third-order valence-corrected chi connectivity index (χ3v) is 4.30. The standard InChI is InChI=1S/C18H16N2O5S/c1-11(21)13-5-7-14(8-6-13)23-10-16(22)24-12(2)17-19-20-18(25-17)15-4-3-9-26-15/h3-9,12H,10H2,1-2H3. The molecule has 2 aromatic heterocycles. The minimum Gasteiger partial charge on any atom is -0.482 e. The van der Waals surface area contributed by atoms with Crippen molar-refractivity contribution in [3.8, 4) is 16.5 Å². The highest BCUT2D eigenvalue weighted by atomic mass is 32.1. The van der Waals surface area contributed by atoms with Crippen LogP contribution in [0.3, 0.4) is 0 Å². The van der Waals surface area contributed by atoms with E-state index in [4.69, 9.17) is 13.9 Å². The molecule has 3 rings (SSSR count). The highest BCUT2D eigenvalue weighted by Gasteiger charge is 2.19. The summed E-state index contributed by atoms with van der Waals surface area (Å²) in [4.78, 5) is 24.0. The molecule has 26 heavy (non-hydrogen) atoms. The fourth-order valence-corrected chi connectivity index (χ4v) is 2.75.